The number of thioether (sulfide) groups is 1. The molecule has 2 heterocycles. The Kier molecular flexibility index (Phi) is 9.13. The molecule has 1 saturated heterocycles. The maximum atomic E-state index is 13.1. The number of aromatic nitrogens is 2. The minimum absolute atomic E-state index is 0.0114. The summed E-state index contributed by atoms with van der Waals surface area (Å²) >= 11 is 1.21. The van der Waals surface area contributed by atoms with Crippen LogP contribution in [0.2, 0.25) is 0 Å². The van der Waals surface area contributed by atoms with Crippen molar-refractivity contribution in [2.24, 2.45) is 0 Å². The molecular formula is C22H26F3N7O2S. The second kappa shape index (κ2) is 12.1. The minimum Gasteiger partial charge on any atom is -0.379 e. The number of nitrogens with one attached hydrogen (secondary N) is 2. The van der Waals surface area contributed by atoms with Gasteiger partial charge in [0.2, 0.25) is 11.9 Å². The molecule has 1 aromatic carbocycles. The SMILES string of the molecule is CSc1nc(N)nc(N[C@@H](CCCN2CCOCC2)C(=O)Nc2cccc(C(F)(F)F)c2)c1C#N. The molecule has 0 unspecified atom stereocenters. The minimum atomic E-state index is -4.54. The summed E-state index contributed by atoms with van der Waals surface area (Å²) in [5, 5.41) is 15.5. The summed E-state index contributed by atoms with van der Waals surface area (Å²) in [6.07, 6.45) is -1.85. The smallest absolute Gasteiger partial charge is 0.379 e. The van der Waals surface area contributed by atoms with Gasteiger partial charge in [-0.05, 0) is 43.8 Å². The van der Waals surface area contributed by atoms with Gasteiger partial charge >= 0.3 is 6.18 Å². The van der Waals surface area contributed by atoms with Crippen LogP contribution in [-0.2, 0) is 15.7 Å². The van der Waals surface area contributed by atoms with Crippen LogP contribution in [0.25, 0.3) is 0 Å². The molecule has 3 rings (SSSR count). The number of anilines is 3. The highest BCUT2D eigenvalue weighted by molar-refractivity contribution is 7.98. The van der Waals surface area contributed by atoms with Crippen molar-refractivity contribution >= 4 is 35.1 Å². The van der Waals surface area contributed by atoms with Gasteiger partial charge in [-0.2, -0.15) is 23.4 Å². The number of morpholine rings is 1. The van der Waals surface area contributed by atoms with Crippen molar-refractivity contribution in [2.75, 3.05) is 55.5 Å². The van der Waals surface area contributed by atoms with E-state index in [2.05, 4.69) is 25.5 Å². The van der Waals surface area contributed by atoms with Crippen LogP contribution in [0.1, 0.15) is 24.0 Å². The van der Waals surface area contributed by atoms with Crippen LogP contribution in [0.3, 0.4) is 0 Å². The molecule has 9 nitrogen and oxygen atoms in total. The molecule has 35 heavy (non-hydrogen) atoms. The lowest BCUT2D eigenvalue weighted by molar-refractivity contribution is -0.137. The predicted molar refractivity (Wildman–Crippen MR) is 127 cm³/mol. The van der Waals surface area contributed by atoms with E-state index in [1.807, 2.05) is 6.07 Å². The van der Waals surface area contributed by atoms with E-state index in [-0.39, 0.29) is 23.0 Å². The van der Waals surface area contributed by atoms with Gasteiger partial charge in [0, 0.05) is 18.8 Å². The van der Waals surface area contributed by atoms with Crippen molar-refractivity contribution in [2.45, 2.75) is 30.1 Å². The lowest BCUT2D eigenvalue weighted by Crippen LogP contribution is -2.39. The van der Waals surface area contributed by atoms with Gasteiger partial charge in [0.15, 0.2) is 5.82 Å². The van der Waals surface area contributed by atoms with Crippen LogP contribution >= 0.6 is 11.8 Å². The summed E-state index contributed by atoms with van der Waals surface area (Å²) in [6.45, 7) is 3.56. The molecule has 1 fully saturated rings. The van der Waals surface area contributed by atoms with Crippen LogP contribution in [-0.4, -0.2) is 65.9 Å². The quantitative estimate of drug-likeness (QED) is 0.345. The van der Waals surface area contributed by atoms with E-state index in [4.69, 9.17) is 10.5 Å². The zero-order valence-corrected chi connectivity index (χ0v) is 19.9. The fourth-order valence-electron chi connectivity index (χ4n) is 3.59. The highest BCUT2D eigenvalue weighted by atomic mass is 32.2. The molecule has 1 amide bonds. The van der Waals surface area contributed by atoms with E-state index in [9.17, 15) is 23.2 Å². The number of hydrogen-bond donors (Lipinski definition) is 3. The third kappa shape index (κ3) is 7.45. The summed E-state index contributed by atoms with van der Waals surface area (Å²) in [7, 11) is 0. The number of alkyl halides is 3. The number of carbonyl (C=O) groups is 1. The number of rotatable bonds is 9. The summed E-state index contributed by atoms with van der Waals surface area (Å²) in [6, 6.07) is 5.55. The number of nitrogens with zero attached hydrogens (tertiary/aromatic N) is 4. The average Bonchev–Trinajstić information content (AvgIpc) is 2.83. The molecule has 1 aromatic heterocycles. The molecule has 0 radical (unpaired) electrons. The van der Waals surface area contributed by atoms with Gasteiger partial charge < -0.3 is 21.1 Å². The molecule has 1 aliphatic rings. The molecule has 0 saturated carbocycles. The zero-order valence-electron chi connectivity index (χ0n) is 19.1. The maximum Gasteiger partial charge on any atom is 0.416 e. The van der Waals surface area contributed by atoms with E-state index in [0.717, 1.165) is 25.2 Å². The molecule has 0 spiro atoms. The molecule has 2 aromatic rings. The number of hydrogen-bond acceptors (Lipinski definition) is 9. The largest absolute Gasteiger partial charge is 0.416 e. The first-order valence-electron chi connectivity index (χ1n) is 10.9. The number of ether oxygens (including phenoxy) is 1. The van der Waals surface area contributed by atoms with Crippen LogP contribution in [0.5, 0.6) is 0 Å². The molecule has 13 heteroatoms. The predicted octanol–water partition coefficient (Wildman–Crippen LogP) is 3.20. The van der Waals surface area contributed by atoms with E-state index in [1.165, 1.54) is 23.9 Å². The number of nitriles is 1. The normalized spacial score (nSPS) is 15.3. The zero-order chi connectivity index (χ0) is 25.4. The van der Waals surface area contributed by atoms with Crippen LogP contribution < -0.4 is 16.4 Å². The Morgan fingerprint density at radius 2 is 2.09 bits per heavy atom. The first-order valence-corrected chi connectivity index (χ1v) is 12.1. The Hall–Kier alpha value is -3.08. The Bertz CT molecular complexity index is 1070. The van der Waals surface area contributed by atoms with Crippen molar-refractivity contribution in [3.05, 3.63) is 35.4 Å². The Balaban J connectivity index is 1.80. The second-order valence-electron chi connectivity index (χ2n) is 7.79. The second-order valence-corrected chi connectivity index (χ2v) is 8.58. The van der Waals surface area contributed by atoms with E-state index in [1.54, 1.807) is 6.26 Å². The number of halogens is 3. The standard InChI is InChI=1S/C22H26F3N7O2S/c1-35-20-16(13-26)18(30-21(27)31-20)29-17(6-3-7-32-8-10-34-11-9-32)19(33)28-15-5-2-4-14(12-15)22(23,24)25/h2,4-5,12,17H,3,6-11H2,1H3,(H,28,33)(H3,27,29,30,31)/t17-/m0/s1. The first-order chi connectivity index (χ1) is 16.7. The molecule has 4 N–H and O–H groups in total. The van der Waals surface area contributed by atoms with Crippen molar-refractivity contribution < 1.29 is 22.7 Å². The highest BCUT2D eigenvalue weighted by Crippen LogP contribution is 2.31. The number of nitrogen functional groups attached to an aromatic ring is 1. The molecule has 0 aliphatic carbocycles. The fourth-order valence-corrected chi connectivity index (χ4v) is 4.12. The van der Waals surface area contributed by atoms with Crippen molar-refractivity contribution in [3.63, 3.8) is 0 Å². The Morgan fingerprint density at radius 1 is 1.34 bits per heavy atom. The van der Waals surface area contributed by atoms with Crippen LogP contribution in [0.4, 0.5) is 30.6 Å². The highest BCUT2D eigenvalue weighted by Gasteiger charge is 2.31. The van der Waals surface area contributed by atoms with Crippen LogP contribution in [0.15, 0.2) is 29.3 Å². The van der Waals surface area contributed by atoms with Gasteiger partial charge in [0.25, 0.3) is 0 Å². The topological polar surface area (TPSA) is 129 Å². The van der Waals surface area contributed by atoms with Crippen molar-refractivity contribution in [1.29, 1.82) is 5.26 Å². The van der Waals surface area contributed by atoms with Gasteiger partial charge in [0.1, 0.15) is 22.7 Å². The average molecular weight is 510 g/mol. The monoisotopic (exact) mass is 509 g/mol. The van der Waals surface area contributed by atoms with Gasteiger partial charge in [-0.1, -0.05) is 6.07 Å². The Labute approximate surface area is 205 Å². The molecular weight excluding hydrogens is 483 g/mol. The molecule has 188 valence electrons. The lowest BCUT2D eigenvalue weighted by Gasteiger charge is -2.27. The summed E-state index contributed by atoms with van der Waals surface area (Å²) < 4.78 is 44.6. The number of amides is 1. The van der Waals surface area contributed by atoms with Crippen molar-refractivity contribution in [1.82, 2.24) is 14.9 Å². The van der Waals surface area contributed by atoms with Gasteiger partial charge in [-0.15, -0.1) is 11.8 Å². The number of benzene rings is 1. The van der Waals surface area contributed by atoms with E-state index in [0.29, 0.717) is 37.6 Å². The van der Waals surface area contributed by atoms with Crippen LogP contribution in [0, 0.1) is 11.3 Å². The van der Waals surface area contributed by atoms with E-state index >= 15 is 0 Å². The van der Waals surface area contributed by atoms with Gasteiger partial charge in [-0.25, -0.2) is 4.98 Å². The van der Waals surface area contributed by atoms with Crippen molar-refractivity contribution in [3.8, 4) is 6.07 Å². The number of nitrogens with two attached hydrogens (primary N) is 1. The maximum absolute atomic E-state index is 13.1. The van der Waals surface area contributed by atoms with Gasteiger partial charge in [0.05, 0.1) is 18.8 Å². The molecule has 0 bridgehead atoms. The van der Waals surface area contributed by atoms with Gasteiger partial charge in [-0.3, -0.25) is 9.69 Å². The molecule has 1 aliphatic heterocycles. The fraction of sp³-hybridized carbons (Fsp3) is 0.455. The first kappa shape index (κ1) is 26.5. The molecule has 1 atom stereocenters. The number of carbonyl (C=O) groups excluding carboxylic acids is 1. The Morgan fingerprint density at radius 3 is 2.74 bits per heavy atom. The summed E-state index contributed by atoms with van der Waals surface area (Å²) in [5.74, 6) is -0.529. The third-order valence-electron chi connectivity index (χ3n) is 5.35. The third-order valence-corrected chi connectivity index (χ3v) is 6.04. The summed E-state index contributed by atoms with van der Waals surface area (Å²) in [5.41, 5.74) is 5.06. The lowest BCUT2D eigenvalue weighted by atomic mass is 10.1. The summed E-state index contributed by atoms with van der Waals surface area (Å²) in [4.78, 5) is 23.5. The van der Waals surface area contributed by atoms with E-state index < -0.39 is 23.7 Å².